The minimum absolute atomic E-state index is 0.0720. The normalized spacial score (nSPS) is 19.8. The fraction of sp³-hybridized carbons (Fsp3) is 0.167. The summed E-state index contributed by atoms with van der Waals surface area (Å²) < 4.78 is 32.6. The molecule has 3 atom stereocenters. The maximum absolute atomic E-state index is 12.9. The molecule has 7 nitrogen and oxygen atoms in total. The molecule has 5 rings (SSSR count). The van der Waals surface area contributed by atoms with Crippen LogP contribution in [0.1, 0.15) is 35.6 Å². The molecule has 1 aliphatic rings. The molecule has 4 aromatic carbocycles. The molecular formula is C30H27NO6S. The summed E-state index contributed by atoms with van der Waals surface area (Å²) in [5.41, 5.74) is 2.11. The van der Waals surface area contributed by atoms with Crippen molar-refractivity contribution in [1.82, 2.24) is 5.32 Å². The molecule has 4 N–H and O–H groups in total. The van der Waals surface area contributed by atoms with Crippen LogP contribution in [0.4, 0.5) is 0 Å². The molecule has 0 aromatic heterocycles. The van der Waals surface area contributed by atoms with Gasteiger partial charge in [0.1, 0.15) is 11.3 Å². The highest BCUT2D eigenvalue weighted by molar-refractivity contribution is 7.85. The van der Waals surface area contributed by atoms with Gasteiger partial charge in [-0.05, 0) is 53.3 Å². The lowest BCUT2D eigenvalue weighted by atomic mass is 9.64. The number of phenolic OH excluding ortho intramolecular Hbond substituents is 1. The van der Waals surface area contributed by atoms with Crippen LogP contribution in [-0.4, -0.2) is 29.1 Å². The number of hydrogen-bond donors (Lipinski definition) is 4. The van der Waals surface area contributed by atoms with Crippen LogP contribution in [0.15, 0.2) is 108 Å². The SMILES string of the molecule is O=C1N[C@@](c2ccccc2)(c2ccc(-c3cccc(S(=O)(=O)O)c3)cc2O)[C@H]1CC[C@H](O)c1ccccc1. The molecule has 0 aliphatic carbocycles. The van der Waals surface area contributed by atoms with Gasteiger partial charge in [-0.15, -0.1) is 0 Å². The van der Waals surface area contributed by atoms with Gasteiger partial charge < -0.3 is 15.5 Å². The lowest BCUT2D eigenvalue weighted by Gasteiger charge is -2.50. The average Bonchev–Trinajstić information content (AvgIpc) is 2.92. The number of amides is 1. The van der Waals surface area contributed by atoms with E-state index in [4.69, 9.17) is 0 Å². The van der Waals surface area contributed by atoms with E-state index in [-0.39, 0.29) is 16.6 Å². The zero-order valence-corrected chi connectivity index (χ0v) is 21.2. The van der Waals surface area contributed by atoms with Crippen LogP contribution in [0.2, 0.25) is 0 Å². The van der Waals surface area contributed by atoms with Crippen molar-refractivity contribution < 1.29 is 28.0 Å². The summed E-state index contributed by atoms with van der Waals surface area (Å²) in [5.74, 6) is -0.779. The van der Waals surface area contributed by atoms with Gasteiger partial charge in [-0.25, -0.2) is 0 Å². The number of aliphatic hydroxyl groups is 1. The monoisotopic (exact) mass is 529 g/mol. The number of carbonyl (C=O) groups is 1. The van der Waals surface area contributed by atoms with Crippen LogP contribution in [0.25, 0.3) is 11.1 Å². The number of phenols is 1. The average molecular weight is 530 g/mol. The molecule has 1 heterocycles. The molecule has 38 heavy (non-hydrogen) atoms. The molecule has 0 radical (unpaired) electrons. The maximum Gasteiger partial charge on any atom is 0.294 e. The van der Waals surface area contributed by atoms with Crippen molar-refractivity contribution in [2.75, 3.05) is 0 Å². The molecule has 4 aromatic rings. The van der Waals surface area contributed by atoms with Crippen molar-refractivity contribution in [3.63, 3.8) is 0 Å². The Bertz CT molecular complexity index is 1570. The second-order valence-electron chi connectivity index (χ2n) is 9.45. The molecular weight excluding hydrogens is 502 g/mol. The molecule has 1 saturated heterocycles. The Morgan fingerprint density at radius 3 is 2.13 bits per heavy atom. The van der Waals surface area contributed by atoms with E-state index in [9.17, 15) is 28.0 Å². The summed E-state index contributed by atoms with van der Waals surface area (Å²) in [5, 5.41) is 25.0. The molecule has 8 heteroatoms. The smallest absolute Gasteiger partial charge is 0.294 e. The van der Waals surface area contributed by atoms with Gasteiger partial charge in [0.2, 0.25) is 5.91 Å². The van der Waals surface area contributed by atoms with E-state index in [1.807, 2.05) is 60.7 Å². The summed E-state index contributed by atoms with van der Waals surface area (Å²) in [4.78, 5) is 12.7. The molecule has 0 unspecified atom stereocenters. The predicted octanol–water partition coefficient (Wildman–Crippen LogP) is 4.81. The lowest BCUT2D eigenvalue weighted by Crippen LogP contribution is -2.67. The van der Waals surface area contributed by atoms with Crippen molar-refractivity contribution in [3.8, 4) is 16.9 Å². The number of carbonyl (C=O) groups excluding carboxylic acids is 1. The Morgan fingerprint density at radius 1 is 0.842 bits per heavy atom. The van der Waals surface area contributed by atoms with Crippen LogP contribution in [0.3, 0.4) is 0 Å². The zero-order chi connectivity index (χ0) is 26.9. The van der Waals surface area contributed by atoms with Crippen LogP contribution >= 0.6 is 0 Å². The quantitative estimate of drug-likeness (QED) is 0.192. The highest BCUT2D eigenvalue weighted by Crippen LogP contribution is 2.49. The second-order valence-corrected chi connectivity index (χ2v) is 10.9. The minimum Gasteiger partial charge on any atom is -0.508 e. The Kier molecular flexibility index (Phi) is 6.79. The van der Waals surface area contributed by atoms with Gasteiger partial charge in [-0.3, -0.25) is 9.35 Å². The van der Waals surface area contributed by atoms with E-state index in [2.05, 4.69) is 5.32 Å². The van der Waals surface area contributed by atoms with Crippen LogP contribution in [0, 0.1) is 5.92 Å². The number of hydrogen-bond acceptors (Lipinski definition) is 5. The molecule has 0 saturated carbocycles. The zero-order valence-electron chi connectivity index (χ0n) is 20.4. The van der Waals surface area contributed by atoms with E-state index in [1.165, 1.54) is 24.3 Å². The predicted molar refractivity (Wildman–Crippen MR) is 143 cm³/mol. The third kappa shape index (κ3) is 4.69. The van der Waals surface area contributed by atoms with Crippen molar-refractivity contribution in [3.05, 3.63) is 120 Å². The van der Waals surface area contributed by atoms with E-state index in [1.54, 1.807) is 18.2 Å². The van der Waals surface area contributed by atoms with Gasteiger partial charge in [0, 0.05) is 5.56 Å². The Balaban J connectivity index is 1.52. The van der Waals surface area contributed by atoms with E-state index in [0.29, 0.717) is 29.5 Å². The Hall–Kier alpha value is -3.98. The van der Waals surface area contributed by atoms with Gasteiger partial charge in [-0.1, -0.05) is 84.9 Å². The summed E-state index contributed by atoms with van der Waals surface area (Å²) in [6.07, 6.45) is 0.0101. The van der Waals surface area contributed by atoms with E-state index >= 15 is 0 Å². The fourth-order valence-electron chi connectivity index (χ4n) is 5.27. The number of aromatic hydroxyl groups is 1. The van der Waals surface area contributed by atoms with Gasteiger partial charge in [0.15, 0.2) is 0 Å². The molecule has 194 valence electrons. The first-order valence-electron chi connectivity index (χ1n) is 12.2. The van der Waals surface area contributed by atoms with Crippen molar-refractivity contribution >= 4 is 16.0 Å². The van der Waals surface area contributed by atoms with Crippen LogP contribution in [-0.2, 0) is 20.5 Å². The summed E-state index contributed by atoms with van der Waals surface area (Å²) in [6, 6.07) is 29.4. The second kappa shape index (κ2) is 10.1. The van der Waals surface area contributed by atoms with Crippen molar-refractivity contribution in [1.29, 1.82) is 0 Å². The highest BCUT2D eigenvalue weighted by atomic mass is 32.2. The number of rotatable bonds is 8. The first-order valence-corrected chi connectivity index (χ1v) is 13.7. The molecule has 1 amide bonds. The lowest BCUT2D eigenvalue weighted by molar-refractivity contribution is -0.140. The fourth-order valence-corrected chi connectivity index (χ4v) is 5.79. The topological polar surface area (TPSA) is 124 Å². The molecule has 1 aliphatic heterocycles. The van der Waals surface area contributed by atoms with Crippen LogP contribution < -0.4 is 5.32 Å². The van der Waals surface area contributed by atoms with Gasteiger partial charge in [-0.2, -0.15) is 8.42 Å². The maximum atomic E-state index is 12.9. The molecule has 0 bridgehead atoms. The standard InChI is InChI=1S/C30H27NO6S/c32-27(20-8-3-1-4-9-20)17-16-26-29(34)31-30(26,23-11-5-2-6-12-23)25-15-14-22(19-28(25)33)21-10-7-13-24(18-21)38(35,36)37/h1-15,18-19,26-27,32-33H,16-17H2,(H,31,34)(H,35,36,37)/t26-,27-,30-/m0/s1. The van der Waals surface area contributed by atoms with Crippen molar-refractivity contribution in [2.24, 2.45) is 5.92 Å². The van der Waals surface area contributed by atoms with Gasteiger partial charge in [0.25, 0.3) is 10.1 Å². The van der Waals surface area contributed by atoms with E-state index in [0.717, 1.165) is 11.1 Å². The third-order valence-corrected chi connectivity index (χ3v) is 8.04. The van der Waals surface area contributed by atoms with Crippen molar-refractivity contribution in [2.45, 2.75) is 29.4 Å². The summed E-state index contributed by atoms with van der Waals surface area (Å²) in [6.45, 7) is 0. The van der Waals surface area contributed by atoms with E-state index < -0.39 is 27.7 Å². The highest BCUT2D eigenvalue weighted by Gasteiger charge is 2.56. The number of nitrogens with one attached hydrogen (secondary N) is 1. The van der Waals surface area contributed by atoms with Gasteiger partial charge >= 0.3 is 0 Å². The first-order chi connectivity index (χ1) is 18.2. The third-order valence-electron chi connectivity index (χ3n) is 7.19. The summed E-state index contributed by atoms with van der Waals surface area (Å²) in [7, 11) is -4.38. The molecule has 0 spiro atoms. The Labute approximate surface area is 221 Å². The Morgan fingerprint density at radius 2 is 1.50 bits per heavy atom. The number of aliphatic hydroxyl groups excluding tert-OH is 1. The largest absolute Gasteiger partial charge is 0.508 e. The number of β-lactam (4-membered cyclic amide) rings is 1. The van der Waals surface area contributed by atoms with Crippen LogP contribution in [0.5, 0.6) is 5.75 Å². The minimum atomic E-state index is -4.38. The summed E-state index contributed by atoms with van der Waals surface area (Å²) >= 11 is 0. The number of benzene rings is 4. The molecule has 1 fully saturated rings. The first kappa shape index (κ1) is 25.7. The van der Waals surface area contributed by atoms with Gasteiger partial charge in [0.05, 0.1) is 16.9 Å².